The van der Waals surface area contributed by atoms with Crippen molar-refractivity contribution < 1.29 is 21.6 Å². The van der Waals surface area contributed by atoms with Crippen LogP contribution in [0.2, 0.25) is 0 Å². The molecule has 1 aliphatic carbocycles. The molecule has 0 bridgehead atoms. The molecule has 0 saturated carbocycles. The quantitative estimate of drug-likeness (QED) is 0.291. The maximum atomic E-state index is 14.8. The molecule has 4 aromatic rings. The van der Waals surface area contributed by atoms with E-state index in [1.165, 1.54) is 29.0 Å². The van der Waals surface area contributed by atoms with E-state index in [1.807, 2.05) is 36.4 Å². The normalized spacial score (nSPS) is 16.2. The van der Waals surface area contributed by atoms with E-state index in [0.29, 0.717) is 30.7 Å². The van der Waals surface area contributed by atoms with Crippen molar-refractivity contribution in [2.75, 3.05) is 0 Å². The highest BCUT2D eigenvalue weighted by atomic mass is 32.2. The first-order chi connectivity index (χ1) is 18.2. The minimum atomic E-state index is -3.83. The summed E-state index contributed by atoms with van der Waals surface area (Å²) in [6.07, 6.45) is 3.19. The Kier molecular flexibility index (Phi) is 7.23. The average molecular weight is 538 g/mol. The second-order valence-corrected chi connectivity index (χ2v) is 11.0. The second-order valence-electron chi connectivity index (χ2n) is 9.42. The van der Waals surface area contributed by atoms with Gasteiger partial charge in [0.2, 0.25) is 10.0 Å². The first-order valence-corrected chi connectivity index (χ1v) is 13.8. The molecule has 0 amide bonds. The summed E-state index contributed by atoms with van der Waals surface area (Å²) in [6, 6.07) is 18.3. The molecular weight excluding hydrogens is 511 g/mol. The fourth-order valence-corrected chi connectivity index (χ4v) is 5.99. The van der Waals surface area contributed by atoms with Crippen LogP contribution in [0.1, 0.15) is 53.4 Å². The number of sulfonamides is 1. The zero-order valence-corrected chi connectivity index (χ0v) is 21.4. The molecule has 2 atom stereocenters. The molecule has 0 saturated heterocycles. The highest BCUT2D eigenvalue weighted by Crippen LogP contribution is 2.39. The number of nitrogens with zero attached hydrogens (tertiary/aromatic N) is 2. The Morgan fingerprint density at radius 3 is 2.53 bits per heavy atom. The summed E-state index contributed by atoms with van der Waals surface area (Å²) in [7, 11) is -3.83. The lowest BCUT2D eigenvalue weighted by molar-refractivity contribution is 0.563. The highest BCUT2D eigenvalue weighted by Gasteiger charge is 2.32. The van der Waals surface area contributed by atoms with Crippen molar-refractivity contribution in [3.05, 3.63) is 124 Å². The van der Waals surface area contributed by atoms with Gasteiger partial charge >= 0.3 is 0 Å². The van der Waals surface area contributed by atoms with Gasteiger partial charge in [-0.2, -0.15) is 5.10 Å². The average Bonchev–Trinajstić information content (AvgIpc) is 3.44. The third kappa shape index (κ3) is 5.58. The summed E-state index contributed by atoms with van der Waals surface area (Å²) in [5, 5.41) is 5.60. The van der Waals surface area contributed by atoms with Gasteiger partial charge in [-0.25, -0.2) is 31.0 Å². The Labute approximate surface area is 219 Å². The SMILES string of the molecule is C[C@@H](NS(=O)(=O)C=Cc1nn(-c2ccc(F)cc2F)c2c1CCC2Cc1cccc(F)c1)c1ccccc1. The van der Waals surface area contributed by atoms with Crippen molar-refractivity contribution in [2.45, 2.75) is 38.1 Å². The molecule has 5 nitrogen and oxygen atoms in total. The largest absolute Gasteiger partial charge is 0.234 e. The van der Waals surface area contributed by atoms with Gasteiger partial charge in [0.15, 0.2) is 5.82 Å². The molecule has 1 unspecified atom stereocenters. The van der Waals surface area contributed by atoms with Gasteiger partial charge in [0.05, 0.1) is 11.4 Å². The molecule has 1 aromatic heterocycles. The van der Waals surface area contributed by atoms with Gasteiger partial charge in [-0.05, 0) is 67.7 Å². The number of benzene rings is 3. The maximum absolute atomic E-state index is 14.8. The number of fused-ring (bicyclic) bond motifs is 1. The van der Waals surface area contributed by atoms with Crippen LogP contribution in [0.4, 0.5) is 13.2 Å². The zero-order valence-electron chi connectivity index (χ0n) is 20.6. The van der Waals surface area contributed by atoms with Crippen molar-refractivity contribution in [3.8, 4) is 5.69 Å². The van der Waals surface area contributed by atoms with E-state index in [1.54, 1.807) is 13.0 Å². The van der Waals surface area contributed by atoms with Gasteiger partial charge in [-0.15, -0.1) is 0 Å². The van der Waals surface area contributed by atoms with Gasteiger partial charge in [-0.3, -0.25) is 0 Å². The van der Waals surface area contributed by atoms with Crippen LogP contribution in [0, 0.1) is 17.5 Å². The highest BCUT2D eigenvalue weighted by molar-refractivity contribution is 7.92. The monoisotopic (exact) mass is 537 g/mol. The Morgan fingerprint density at radius 2 is 1.79 bits per heavy atom. The van der Waals surface area contributed by atoms with Gasteiger partial charge in [-0.1, -0.05) is 42.5 Å². The Hall–Kier alpha value is -3.69. The van der Waals surface area contributed by atoms with Crippen molar-refractivity contribution in [3.63, 3.8) is 0 Å². The molecule has 0 radical (unpaired) electrons. The topological polar surface area (TPSA) is 64.0 Å². The molecule has 1 aliphatic rings. The number of halogens is 3. The van der Waals surface area contributed by atoms with E-state index in [0.717, 1.165) is 34.2 Å². The molecule has 38 heavy (non-hydrogen) atoms. The van der Waals surface area contributed by atoms with Gasteiger partial charge in [0.1, 0.15) is 17.3 Å². The van der Waals surface area contributed by atoms with E-state index < -0.39 is 27.7 Å². The molecule has 5 rings (SSSR count). The second kappa shape index (κ2) is 10.6. The lowest BCUT2D eigenvalue weighted by Gasteiger charge is -2.15. The molecule has 3 aromatic carbocycles. The van der Waals surface area contributed by atoms with Crippen LogP contribution in [-0.2, 0) is 22.9 Å². The minimum Gasteiger partial charge on any atom is -0.234 e. The van der Waals surface area contributed by atoms with E-state index >= 15 is 0 Å². The predicted molar refractivity (Wildman–Crippen MR) is 141 cm³/mol. The van der Waals surface area contributed by atoms with Crippen LogP contribution in [0.25, 0.3) is 11.8 Å². The minimum absolute atomic E-state index is 0.0622. The molecule has 1 heterocycles. The Balaban J connectivity index is 1.49. The molecule has 0 aliphatic heterocycles. The Bertz CT molecular complexity index is 1600. The van der Waals surface area contributed by atoms with Crippen LogP contribution < -0.4 is 4.72 Å². The van der Waals surface area contributed by atoms with Crippen LogP contribution in [-0.4, -0.2) is 18.2 Å². The van der Waals surface area contributed by atoms with E-state index in [2.05, 4.69) is 9.82 Å². The number of hydrogen-bond donors (Lipinski definition) is 1. The summed E-state index contributed by atoms with van der Waals surface area (Å²) in [5.41, 5.74) is 3.56. The summed E-state index contributed by atoms with van der Waals surface area (Å²) in [6.45, 7) is 1.75. The molecule has 9 heteroatoms. The summed E-state index contributed by atoms with van der Waals surface area (Å²) >= 11 is 0. The molecule has 196 valence electrons. The van der Waals surface area contributed by atoms with Gasteiger partial charge in [0, 0.05) is 29.0 Å². The van der Waals surface area contributed by atoms with Gasteiger partial charge in [0.25, 0.3) is 0 Å². The fraction of sp³-hybridized carbons (Fsp3) is 0.207. The van der Waals surface area contributed by atoms with E-state index in [9.17, 15) is 21.6 Å². The molecule has 0 spiro atoms. The molecule has 1 N–H and O–H groups in total. The first-order valence-electron chi connectivity index (χ1n) is 12.3. The van der Waals surface area contributed by atoms with Crippen LogP contribution in [0.5, 0.6) is 0 Å². The smallest absolute Gasteiger partial charge is 0.234 e. The Morgan fingerprint density at radius 1 is 1.03 bits per heavy atom. The molecule has 0 fully saturated rings. The standard InChI is InChI=1S/C29H26F3N3O2S/c1-19(21-7-3-2-4-8-21)34-38(36,37)15-14-27-25-12-10-22(16-20-6-5-9-23(30)17-20)29(25)35(33-27)28-13-11-24(31)18-26(28)32/h2-9,11,13-15,17-19,22,34H,10,12,16H2,1H3/t19-,22?/m1/s1. The zero-order chi connectivity index (χ0) is 26.9. The predicted octanol–water partition coefficient (Wildman–Crippen LogP) is 6.21. The molecular formula is C29H26F3N3O2S. The van der Waals surface area contributed by atoms with Crippen LogP contribution >= 0.6 is 0 Å². The number of hydrogen-bond acceptors (Lipinski definition) is 3. The lowest BCUT2D eigenvalue weighted by atomic mass is 9.97. The van der Waals surface area contributed by atoms with E-state index in [4.69, 9.17) is 0 Å². The van der Waals surface area contributed by atoms with Crippen molar-refractivity contribution in [1.29, 1.82) is 0 Å². The van der Waals surface area contributed by atoms with Crippen LogP contribution in [0.15, 0.2) is 78.2 Å². The number of nitrogens with one attached hydrogen (secondary N) is 1. The summed E-state index contributed by atoms with van der Waals surface area (Å²) < 4.78 is 72.0. The van der Waals surface area contributed by atoms with E-state index in [-0.39, 0.29) is 17.4 Å². The number of aromatic nitrogens is 2. The first kappa shape index (κ1) is 25.9. The van der Waals surface area contributed by atoms with Crippen LogP contribution in [0.3, 0.4) is 0 Å². The summed E-state index contributed by atoms with van der Waals surface area (Å²) in [5.74, 6) is -1.95. The number of rotatable bonds is 8. The summed E-state index contributed by atoms with van der Waals surface area (Å²) in [4.78, 5) is 0. The van der Waals surface area contributed by atoms with Crippen molar-refractivity contribution in [2.24, 2.45) is 0 Å². The lowest BCUT2D eigenvalue weighted by Crippen LogP contribution is -2.24. The van der Waals surface area contributed by atoms with Crippen molar-refractivity contribution >= 4 is 16.1 Å². The maximum Gasteiger partial charge on any atom is 0.234 e. The third-order valence-corrected chi connectivity index (χ3v) is 7.91. The third-order valence-electron chi connectivity index (χ3n) is 6.74. The van der Waals surface area contributed by atoms with Crippen molar-refractivity contribution in [1.82, 2.24) is 14.5 Å². The van der Waals surface area contributed by atoms with Gasteiger partial charge < -0.3 is 0 Å². The fourth-order valence-electron chi connectivity index (χ4n) is 4.98.